The van der Waals surface area contributed by atoms with Crippen LogP contribution in [0.4, 0.5) is 4.79 Å². The van der Waals surface area contributed by atoms with Gasteiger partial charge < -0.3 is 20.1 Å². The van der Waals surface area contributed by atoms with Gasteiger partial charge in [0.05, 0.1) is 12.0 Å². The van der Waals surface area contributed by atoms with E-state index in [1.165, 1.54) is 0 Å². The Morgan fingerprint density at radius 1 is 1.32 bits per heavy atom. The summed E-state index contributed by atoms with van der Waals surface area (Å²) in [5.74, 6) is -1.25. The summed E-state index contributed by atoms with van der Waals surface area (Å²) in [4.78, 5) is 24.7. The van der Waals surface area contributed by atoms with Crippen LogP contribution >= 0.6 is 0 Å². The number of likely N-dealkylation sites (tertiary alicyclic amines) is 1. The van der Waals surface area contributed by atoms with Crippen LogP contribution < -0.4 is 5.32 Å². The molecule has 0 radical (unpaired) electrons. The normalized spacial score (nSPS) is 34.5. The van der Waals surface area contributed by atoms with Crippen molar-refractivity contribution in [2.45, 2.75) is 38.3 Å². The number of amides is 2. The van der Waals surface area contributed by atoms with Gasteiger partial charge in [-0.25, -0.2) is 4.79 Å². The average Bonchev–Trinajstić information content (AvgIpc) is 2.95. The third-order valence-electron chi connectivity index (χ3n) is 4.26. The van der Waals surface area contributed by atoms with E-state index in [9.17, 15) is 9.59 Å². The lowest BCUT2D eigenvalue weighted by Crippen LogP contribution is -2.43. The highest BCUT2D eigenvalue weighted by Crippen LogP contribution is 2.25. The van der Waals surface area contributed by atoms with E-state index in [0.29, 0.717) is 13.1 Å². The molecular formula is C13H22N2O4. The number of nitrogens with zero attached hydrogens (tertiary/aromatic N) is 1. The van der Waals surface area contributed by atoms with Gasteiger partial charge in [-0.3, -0.25) is 4.79 Å². The first kappa shape index (κ1) is 14.1. The van der Waals surface area contributed by atoms with Crippen LogP contribution in [0.3, 0.4) is 0 Å². The molecule has 4 unspecified atom stereocenters. The van der Waals surface area contributed by atoms with Gasteiger partial charge >= 0.3 is 12.0 Å². The van der Waals surface area contributed by atoms with Crippen molar-refractivity contribution in [1.82, 2.24) is 10.2 Å². The molecule has 2 N–H and O–H groups in total. The lowest BCUT2D eigenvalue weighted by atomic mass is 9.99. The third kappa shape index (κ3) is 3.18. The first-order valence-electron chi connectivity index (χ1n) is 6.82. The smallest absolute Gasteiger partial charge is 0.317 e. The number of hydrogen-bond donors (Lipinski definition) is 2. The molecule has 6 nitrogen and oxygen atoms in total. The monoisotopic (exact) mass is 270 g/mol. The molecule has 108 valence electrons. The molecule has 1 saturated heterocycles. The van der Waals surface area contributed by atoms with E-state index in [1.54, 1.807) is 12.0 Å². The molecule has 0 aromatic rings. The Labute approximate surface area is 113 Å². The first-order valence-corrected chi connectivity index (χ1v) is 6.82. The van der Waals surface area contributed by atoms with Crippen LogP contribution in [0.1, 0.15) is 26.2 Å². The second-order valence-corrected chi connectivity index (χ2v) is 5.64. The minimum absolute atomic E-state index is 0.0125. The van der Waals surface area contributed by atoms with E-state index in [2.05, 4.69) is 5.32 Å². The second kappa shape index (κ2) is 5.77. The molecule has 0 spiro atoms. The lowest BCUT2D eigenvalue weighted by molar-refractivity contribution is -0.142. The topological polar surface area (TPSA) is 78.9 Å². The fourth-order valence-electron chi connectivity index (χ4n) is 3.01. The highest BCUT2D eigenvalue weighted by Gasteiger charge is 2.37. The number of aliphatic carboxylic acids is 1. The molecule has 0 aromatic carbocycles. The fraction of sp³-hybridized carbons (Fsp3) is 0.846. The summed E-state index contributed by atoms with van der Waals surface area (Å²) in [6, 6.07) is 0.00832. The SMILES string of the molecule is COC1CCC(NC(=O)N2CC(C)C(C(=O)O)C2)C1. The molecule has 2 fully saturated rings. The zero-order valence-electron chi connectivity index (χ0n) is 11.5. The second-order valence-electron chi connectivity index (χ2n) is 5.64. The Kier molecular flexibility index (Phi) is 4.29. The number of rotatable bonds is 3. The van der Waals surface area contributed by atoms with Crippen LogP contribution in [0.25, 0.3) is 0 Å². The van der Waals surface area contributed by atoms with Gasteiger partial charge in [0.1, 0.15) is 0 Å². The molecule has 0 aromatic heterocycles. The lowest BCUT2D eigenvalue weighted by Gasteiger charge is -2.20. The number of carbonyl (C=O) groups is 2. The van der Waals surface area contributed by atoms with Crippen LogP contribution in [0.5, 0.6) is 0 Å². The van der Waals surface area contributed by atoms with Gasteiger partial charge in [0.2, 0.25) is 0 Å². The van der Waals surface area contributed by atoms with Crippen LogP contribution in [-0.4, -0.2) is 54.4 Å². The molecule has 19 heavy (non-hydrogen) atoms. The van der Waals surface area contributed by atoms with E-state index in [0.717, 1.165) is 19.3 Å². The maximum atomic E-state index is 12.1. The average molecular weight is 270 g/mol. The Bertz CT molecular complexity index is 361. The highest BCUT2D eigenvalue weighted by atomic mass is 16.5. The largest absolute Gasteiger partial charge is 0.481 e. The fourth-order valence-corrected chi connectivity index (χ4v) is 3.01. The maximum Gasteiger partial charge on any atom is 0.317 e. The molecule has 2 aliphatic rings. The maximum absolute atomic E-state index is 12.1. The van der Waals surface area contributed by atoms with Crippen LogP contribution in [0.2, 0.25) is 0 Å². The Morgan fingerprint density at radius 2 is 2.05 bits per heavy atom. The minimum atomic E-state index is -0.817. The highest BCUT2D eigenvalue weighted by molar-refractivity contribution is 5.77. The van der Waals surface area contributed by atoms with Gasteiger partial charge in [0.15, 0.2) is 0 Å². The van der Waals surface area contributed by atoms with Crippen molar-refractivity contribution < 1.29 is 19.4 Å². The number of methoxy groups -OCH3 is 1. The van der Waals surface area contributed by atoms with E-state index in [1.807, 2.05) is 6.92 Å². The van der Waals surface area contributed by atoms with Crippen molar-refractivity contribution in [3.63, 3.8) is 0 Å². The van der Waals surface area contributed by atoms with Gasteiger partial charge in [-0.2, -0.15) is 0 Å². The summed E-state index contributed by atoms with van der Waals surface area (Å²) in [6.45, 7) is 2.70. The molecule has 1 aliphatic carbocycles. The van der Waals surface area contributed by atoms with Gasteiger partial charge in [0, 0.05) is 26.2 Å². The van der Waals surface area contributed by atoms with Crippen molar-refractivity contribution in [2.75, 3.05) is 20.2 Å². The van der Waals surface area contributed by atoms with Crippen molar-refractivity contribution in [1.29, 1.82) is 0 Å². The number of carboxylic acids is 1. The van der Waals surface area contributed by atoms with Gasteiger partial charge in [0.25, 0.3) is 0 Å². The standard InChI is InChI=1S/C13H22N2O4/c1-8-6-15(7-11(8)12(16)17)13(18)14-9-3-4-10(5-9)19-2/h8-11H,3-7H2,1-2H3,(H,14,18)(H,16,17). The van der Waals surface area contributed by atoms with E-state index < -0.39 is 11.9 Å². The van der Waals surface area contributed by atoms with Crippen LogP contribution in [0, 0.1) is 11.8 Å². The van der Waals surface area contributed by atoms with Crippen LogP contribution in [0.15, 0.2) is 0 Å². The molecule has 4 atom stereocenters. The summed E-state index contributed by atoms with van der Waals surface area (Å²) in [5.41, 5.74) is 0. The number of hydrogen-bond acceptors (Lipinski definition) is 3. The van der Waals surface area contributed by atoms with Crippen molar-refractivity contribution in [3.05, 3.63) is 0 Å². The van der Waals surface area contributed by atoms with Crippen LogP contribution in [-0.2, 0) is 9.53 Å². The molecule has 1 heterocycles. The molecule has 6 heteroatoms. The predicted octanol–water partition coefficient (Wildman–Crippen LogP) is 0.916. The van der Waals surface area contributed by atoms with E-state index in [-0.39, 0.29) is 24.1 Å². The summed E-state index contributed by atoms with van der Waals surface area (Å²) in [7, 11) is 1.69. The Hall–Kier alpha value is -1.30. The summed E-state index contributed by atoms with van der Waals surface area (Å²) in [5, 5.41) is 12.0. The van der Waals surface area contributed by atoms with Crippen molar-refractivity contribution in [2.24, 2.45) is 11.8 Å². The quantitative estimate of drug-likeness (QED) is 0.799. The molecule has 0 bridgehead atoms. The van der Waals surface area contributed by atoms with Gasteiger partial charge in [-0.1, -0.05) is 6.92 Å². The number of ether oxygens (including phenoxy) is 1. The van der Waals surface area contributed by atoms with Gasteiger partial charge in [-0.15, -0.1) is 0 Å². The summed E-state index contributed by atoms with van der Waals surface area (Å²) in [6.07, 6.45) is 2.97. The number of nitrogens with one attached hydrogen (secondary N) is 1. The van der Waals surface area contributed by atoms with Crippen molar-refractivity contribution in [3.8, 4) is 0 Å². The molecular weight excluding hydrogens is 248 g/mol. The van der Waals surface area contributed by atoms with E-state index >= 15 is 0 Å². The van der Waals surface area contributed by atoms with E-state index in [4.69, 9.17) is 9.84 Å². The molecule has 1 aliphatic heterocycles. The zero-order chi connectivity index (χ0) is 14.0. The summed E-state index contributed by atoms with van der Waals surface area (Å²) < 4.78 is 5.27. The predicted molar refractivity (Wildman–Crippen MR) is 68.8 cm³/mol. The number of carbonyl (C=O) groups excluding carboxylic acids is 1. The molecule has 2 amide bonds. The number of urea groups is 1. The molecule has 1 saturated carbocycles. The number of carboxylic acid groups (broad SMARTS) is 1. The Morgan fingerprint density at radius 3 is 2.58 bits per heavy atom. The minimum Gasteiger partial charge on any atom is -0.481 e. The third-order valence-corrected chi connectivity index (χ3v) is 4.26. The molecule has 2 rings (SSSR count). The first-order chi connectivity index (χ1) is 9.01. The summed E-state index contributed by atoms with van der Waals surface area (Å²) >= 11 is 0. The Balaban J connectivity index is 1.83. The van der Waals surface area contributed by atoms with Crippen molar-refractivity contribution >= 4 is 12.0 Å². The zero-order valence-corrected chi connectivity index (χ0v) is 11.5. The van der Waals surface area contributed by atoms with Gasteiger partial charge in [-0.05, 0) is 25.2 Å².